The number of ketones is 1. The van der Waals surface area contributed by atoms with Gasteiger partial charge in [0.2, 0.25) is 0 Å². The summed E-state index contributed by atoms with van der Waals surface area (Å²) in [6.45, 7) is 4.55. The van der Waals surface area contributed by atoms with E-state index in [9.17, 15) is 4.79 Å². The van der Waals surface area contributed by atoms with Crippen molar-refractivity contribution in [2.75, 3.05) is 0 Å². The van der Waals surface area contributed by atoms with Crippen molar-refractivity contribution < 1.29 is 4.79 Å². The third kappa shape index (κ3) is 3.17. The average Bonchev–Trinajstić information content (AvgIpc) is 2.67. The van der Waals surface area contributed by atoms with Crippen molar-refractivity contribution in [2.45, 2.75) is 26.8 Å². The van der Waals surface area contributed by atoms with E-state index >= 15 is 0 Å². The molecule has 1 aromatic carbocycles. The second-order valence-corrected chi connectivity index (χ2v) is 5.89. The minimum atomic E-state index is 0.0629. The standard InChI is InChI=1S/C14H14ClIN2O/c1-3-18-12(14(15)9(2)17-18)8-13(19)10-4-6-11(16)7-5-10/h4-7H,3,8H2,1-2H3. The lowest BCUT2D eigenvalue weighted by atomic mass is 10.1. The van der Waals surface area contributed by atoms with Gasteiger partial charge in [-0.1, -0.05) is 23.7 Å². The zero-order valence-corrected chi connectivity index (χ0v) is 13.7. The summed E-state index contributed by atoms with van der Waals surface area (Å²) < 4.78 is 2.91. The van der Waals surface area contributed by atoms with Gasteiger partial charge in [0, 0.05) is 15.7 Å². The van der Waals surface area contributed by atoms with E-state index in [0.29, 0.717) is 17.1 Å². The van der Waals surface area contributed by atoms with Crippen LogP contribution in [0.15, 0.2) is 24.3 Å². The molecule has 0 amide bonds. The molecule has 1 aromatic heterocycles. The highest BCUT2D eigenvalue weighted by atomic mass is 127. The molecule has 3 nitrogen and oxygen atoms in total. The Labute approximate surface area is 131 Å². The Balaban J connectivity index is 2.26. The van der Waals surface area contributed by atoms with Gasteiger partial charge in [-0.05, 0) is 48.6 Å². The summed E-state index contributed by atoms with van der Waals surface area (Å²) >= 11 is 8.43. The minimum absolute atomic E-state index is 0.0629. The van der Waals surface area contributed by atoms with Crippen LogP contribution in [0, 0.1) is 10.5 Å². The highest BCUT2D eigenvalue weighted by Gasteiger charge is 2.16. The lowest BCUT2D eigenvalue weighted by Crippen LogP contribution is -2.10. The Kier molecular flexibility index (Phi) is 4.62. The van der Waals surface area contributed by atoms with Gasteiger partial charge in [0.15, 0.2) is 5.78 Å². The number of aryl methyl sites for hydroxylation is 2. The predicted octanol–water partition coefficient (Wildman–Crippen LogP) is 3.89. The fourth-order valence-corrected chi connectivity index (χ4v) is 2.49. The van der Waals surface area contributed by atoms with Crippen molar-refractivity contribution in [1.82, 2.24) is 9.78 Å². The van der Waals surface area contributed by atoms with E-state index in [1.54, 1.807) is 4.68 Å². The maximum atomic E-state index is 12.3. The normalized spacial score (nSPS) is 10.7. The smallest absolute Gasteiger partial charge is 0.168 e. The lowest BCUT2D eigenvalue weighted by molar-refractivity contribution is 0.0990. The van der Waals surface area contributed by atoms with E-state index in [0.717, 1.165) is 15.0 Å². The molecule has 0 saturated heterocycles. The first kappa shape index (κ1) is 14.5. The average molecular weight is 389 g/mol. The molecule has 19 heavy (non-hydrogen) atoms. The number of nitrogens with zero attached hydrogens (tertiary/aromatic N) is 2. The summed E-state index contributed by atoms with van der Waals surface area (Å²) in [5.74, 6) is 0.0629. The van der Waals surface area contributed by atoms with E-state index in [1.165, 1.54) is 0 Å². The second-order valence-electron chi connectivity index (χ2n) is 4.27. The van der Waals surface area contributed by atoms with Crippen LogP contribution in [0.25, 0.3) is 0 Å². The molecule has 0 saturated carbocycles. The zero-order valence-electron chi connectivity index (χ0n) is 10.8. The summed E-state index contributed by atoms with van der Waals surface area (Å²) in [6, 6.07) is 7.55. The fraction of sp³-hybridized carbons (Fsp3) is 0.286. The van der Waals surface area contributed by atoms with Crippen molar-refractivity contribution in [2.24, 2.45) is 0 Å². The third-order valence-electron chi connectivity index (χ3n) is 2.95. The molecule has 0 fully saturated rings. The number of carbonyl (C=O) groups is 1. The Morgan fingerprint density at radius 3 is 2.58 bits per heavy atom. The van der Waals surface area contributed by atoms with E-state index in [-0.39, 0.29) is 12.2 Å². The van der Waals surface area contributed by atoms with E-state index < -0.39 is 0 Å². The largest absolute Gasteiger partial charge is 0.294 e. The highest BCUT2D eigenvalue weighted by Crippen LogP contribution is 2.22. The van der Waals surface area contributed by atoms with Gasteiger partial charge in [0.05, 0.1) is 22.8 Å². The Morgan fingerprint density at radius 1 is 1.37 bits per heavy atom. The topological polar surface area (TPSA) is 34.9 Å². The number of hydrogen-bond donors (Lipinski definition) is 0. The SMILES string of the molecule is CCn1nc(C)c(Cl)c1CC(=O)c1ccc(I)cc1. The van der Waals surface area contributed by atoms with Crippen molar-refractivity contribution in [3.05, 3.63) is 49.8 Å². The zero-order chi connectivity index (χ0) is 14.0. The second kappa shape index (κ2) is 6.05. The summed E-state index contributed by atoms with van der Waals surface area (Å²) in [5.41, 5.74) is 2.28. The summed E-state index contributed by atoms with van der Waals surface area (Å²) in [4.78, 5) is 12.3. The van der Waals surface area contributed by atoms with Crippen LogP contribution in [0.3, 0.4) is 0 Å². The Morgan fingerprint density at radius 2 is 2.00 bits per heavy atom. The quantitative estimate of drug-likeness (QED) is 0.588. The van der Waals surface area contributed by atoms with Crippen LogP contribution in [-0.4, -0.2) is 15.6 Å². The van der Waals surface area contributed by atoms with Crippen LogP contribution < -0.4 is 0 Å². The van der Waals surface area contributed by atoms with Gasteiger partial charge in [0.25, 0.3) is 0 Å². The van der Waals surface area contributed by atoms with Crippen LogP contribution in [0.4, 0.5) is 0 Å². The number of benzene rings is 1. The van der Waals surface area contributed by atoms with E-state index in [1.807, 2.05) is 38.1 Å². The van der Waals surface area contributed by atoms with Crippen molar-refractivity contribution in [3.63, 3.8) is 0 Å². The summed E-state index contributed by atoms with van der Waals surface area (Å²) in [7, 11) is 0. The molecule has 0 unspecified atom stereocenters. The van der Waals surface area contributed by atoms with Crippen molar-refractivity contribution >= 4 is 40.0 Å². The van der Waals surface area contributed by atoms with Gasteiger partial charge in [-0.15, -0.1) is 0 Å². The van der Waals surface area contributed by atoms with Gasteiger partial charge in [-0.3, -0.25) is 9.48 Å². The maximum Gasteiger partial charge on any atom is 0.168 e. The molecule has 2 aromatic rings. The molecular weight excluding hydrogens is 375 g/mol. The molecular formula is C14H14ClIN2O. The Hall–Kier alpha value is -0.880. The number of hydrogen-bond acceptors (Lipinski definition) is 2. The molecule has 0 radical (unpaired) electrons. The molecule has 0 aliphatic rings. The van der Waals surface area contributed by atoms with Crippen LogP contribution in [0.5, 0.6) is 0 Å². The summed E-state index contributed by atoms with van der Waals surface area (Å²) in [5, 5.41) is 4.92. The van der Waals surface area contributed by atoms with Gasteiger partial charge in [-0.2, -0.15) is 5.10 Å². The van der Waals surface area contributed by atoms with Gasteiger partial charge in [-0.25, -0.2) is 0 Å². The Bertz CT molecular complexity index is 605. The van der Waals surface area contributed by atoms with E-state index in [2.05, 4.69) is 27.7 Å². The van der Waals surface area contributed by atoms with Crippen LogP contribution in [-0.2, 0) is 13.0 Å². The van der Waals surface area contributed by atoms with Gasteiger partial charge in [0.1, 0.15) is 0 Å². The molecule has 0 atom stereocenters. The maximum absolute atomic E-state index is 12.3. The highest BCUT2D eigenvalue weighted by molar-refractivity contribution is 14.1. The number of aromatic nitrogens is 2. The van der Waals surface area contributed by atoms with Gasteiger partial charge < -0.3 is 0 Å². The fourth-order valence-electron chi connectivity index (χ4n) is 1.93. The molecule has 0 aliphatic heterocycles. The molecule has 0 spiro atoms. The molecule has 2 rings (SSSR count). The minimum Gasteiger partial charge on any atom is -0.294 e. The lowest BCUT2D eigenvalue weighted by Gasteiger charge is -2.05. The van der Waals surface area contributed by atoms with Crippen molar-refractivity contribution in [3.8, 4) is 0 Å². The number of Topliss-reactive ketones (excluding diaryl/α,β-unsaturated/α-hetero) is 1. The number of carbonyl (C=O) groups excluding carboxylic acids is 1. The number of rotatable bonds is 4. The molecule has 1 heterocycles. The first-order chi connectivity index (χ1) is 9.02. The third-order valence-corrected chi connectivity index (χ3v) is 4.16. The van der Waals surface area contributed by atoms with E-state index in [4.69, 9.17) is 11.6 Å². The number of halogens is 2. The van der Waals surface area contributed by atoms with Crippen LogP contribution in [0.1, 0.15) is 28.7 Å². The molecule has 0 bridgehead atoms. The molecule has 100 valence electrons. The van der Waals surface area contributed by atoms with Crippen LogP contribution in [0.2, 0.25) is 5.02 Å². The molecule has 5 heteroatoms. The summed E-state index contributed by atoms with van der Waals surface area (Å²) in [6.07, 6.45) is 0.286. The van der Waals surface area contributed by atoms with Crippen molar-refractivity contribution in [1.29, 1.82) is 0 Å². The molecule has 0 aliphatic carbocycles. The predicted molar refractivity (Wildman–Crippen MR) is 84.8 cm³/mol. The molecule has 0 N–H and O–H groups in total. The van der Waals surface area contributed by atoms with Gasteiger partial charge >= 0.3 is 0 Å². The first-order valence-electron chi connectivity index (χ1n) is 6.03. The van der Waals surface area contributed by atoms with Crippen LogP contribution >= 0.6 is 34.2 Å². The monoisotopic (exact) mass is 388 g/mol. The first-order valence-corrected chi connectivity index (χ1v) is 7.49.